The van der Waals surface area contributed by atoms with Crippen LogP contribution in [0.4, 0.5) is 24.5 Å². The first-order chi connectivity index (χ1) is 14.4. The van der Waals surface area contributed by atoms with E-state index in [0.29, 0.717) is 55.2 Å². The number of rotatable bonds is 3. The van der Waals surface area contributed by atoms with Crippen LogP contribution in [0.2, 0.25) is 0 Å². The molecular weight excluding hydrogens is 395 g/mol. The maximum absolute atomic E-state index is 13.1. The summed E-state index contributed by atoms with van der Waals surface area (Å²) >= 11 is 0. The van der Waals surface area contributed by atoms with E-state index in [4.69, 9.17) is 4.74 Å². The van der Waals surface area contributed by atoms with Gasteiger partial charge in [-0.1, -0.05) is 6.07 Å². The van der Waals surface area contributed by atoms with Crippen molar-refractivity contribution in [3.63, 3.8) is 0 Å². The van der Waals surface area contributed by atoms with Gasteiger partial charge < -0.3 is 15.0 Å². The number of hydrogen-bond acceptors (Lipinski definition) is 4. The van der Waals surface area contributed by atoms with Crippen LogP contribution in [0, 0.1) is 0 Å². The van der Waals surface area contributed by atoms with Crippen LogP contribution in [0.25, 0.3) is 0 Å². The maximum atomic E-state index is 13.1. The van der Waals surface area contributed by atoms with Crippen molar-refractivity contribution in [1.82, 2.24) is 9.88 Å². The van der Waals surface area contributed by atoms with E-state index in [1.807, 2.05) is 0 Å². The van der Waals surface area contributed by atoms with Crippen molar-refractivity contribution >= 4 is 17.3 Å². The molecule has 1 amide bonds. The minimum Gasteiger partial charge on any atom is -0.378 e. The van der Waals surface area contributed by atoms with Gasteiger partial charge in [-0.2, -0.15) is 13.2 Å². The van der Waals surface area contributed by atoms with E-state index in [1.165, 1.54) is 6.07 Å². The normalized spacial score (nSPS) is 22.8. The lowest BCUT2D eigenvalue weighted by atomic mass is 9.89. The molecule has 2 aliphatic carbocycles. The second-order valence-corrected chi connectivity index (χ2v) is 8.16. The fraction of sp³-hybridized carbons (Fsp3) is 0.455. The smallest absolute Gasteiger partial charge is 0.378 e. The molecule has 1 saturated heterocycles. The number of pyridine rings is 1. The fourth-order valence-electron chi connectivity index (χ4n) is 5.01. The first-order valence-electron chi connectivity index (χ1n) is 10.3. The number of nitrogens with one attached hydrogen (secondary N) is 1. The van der Waals surface area contributed by atoms with E-state index in [0.717, 1.165) is 42.5 Å². The zero-order chi connectivity index (χ0) is 20.9. The lowest BCUT2D eigenvalue weighted by Crippen LogP contribution is -2.41. The molecule has 2 heterocycles. The number of aromatic nitrogens is 1. The number of fused-ring (bicyclic) bond motifs is 5. The van der Waals surface area contributed by atoms with Crippen molar-refractivity contribution in [3.05, 3.63) is 52.8 Å². The van der Waals surface area contributed by atoms with Crippen LogP contribution < -0.4 is 5.32 Å². The summed E-state index contributed by atoms with van der Waals surface area (Å²) in [5, 5.41) is 3.14. The third kappa shape index (κ3) is 3.33. The zero-order valence-corrected chi connectivity index (χ0v) is 16.3. The third-order valence-electron chi connectivity index (χ3n) is 6.38. The van der Waals surface area contributed by atoms with E-state index in [1.54, 1.807) is 17.2 Å². The highest BCUT2D eigenvalue weighted by Crippen LogP contribution is 2.56. The Bertz CT molecular complexity index is 986. The van der Waals surface area contributed by atoms with Gasteiger partial charge in [0.05, 0.1) is 30.7 Å². The van der Waals surface area contributed by atoms with Crippen LogP contribution in [0.15, 0.2) is 30.5 Å². The Balaban J connectivity index is 1.50. The summed E-state index contributed by atoms with van der Waals surface area (Å²) in [6.07, 6.45) is 0.237. The number of alkyl halides is 3. The molecule has 3 aliphatic rings. The average Bonchev–Trinajstić information content (AvgIpc) is 3.37. The van der Waals surface area contributed by atoms with Crippen LogP contribution in [0.3, 0.4) is 0 Å². The number of carbonyl (C=O) groups excluding carboxylic acids is 1. The van der Waals surface area contributed by atoms with Gasteiger partial charge in [-0.25, -0.2) is 4.98 Å². The van der Waals surface area contributed by atoms with Gasteiger partial charge in [0.1, 0.15) is 5.69 Å². The Labute approximate surface area is 172 Å². The predicted molar refractivity (Wildman–Crippen MR) is 105 cm³/mol. The van der Waals surface area contributed by atoms with E-state index < -0.39 is 11.7 Å². The van der Waals surface area contributed by atoms with Gasteiger partial charge in [-0.15, -0.1) is 0 Å². The lowest BCUT2D eigenvalue weighted by molar-refractivity contribution is -0.137. The van der Waals surface area contributed by atoms with E-state index in [2.05, 4.69) is 10.3 Å². The molecule has 158 valence electrons. The molecule has 1 N–H and O–H groups in total. The molecule has 30 heavy (non-hydrogen) atoms. The fourth-order valence-corrected chi connectivity index (χ4v) is 5.01. The topological polar surface area (TPSA) is 54.5 Å². The van der Waals surface area contributed by atoms with Crippen molar-refractivity contribution < 1.29 is 22.7 Å². The molecule has 1 aliphatic heterocycles. The molecule has 2 fully saturated rings. The van der Waals surface area contributed by atoms with Gasteiger partial charge in [-0.05, 0) is 60.4 Å². The van der Waals surface area contributed by atoms with Gasteiger partial charge in [-0.3, -0.25) is 4.79 Å². The van der Waals surface area contributed by atoms with Crippen molar-refractivity contribution in [2.75, 3.05) is 31.6 Å². The minimum atomic E-state index is -4.40. The molecule has 0 spiro atoms. The molecule has 2 aromatic rings. The molecule has 8 heteroatoms. The molecule has 1 aromatic heterocycles. The largest absolute Gasteiger partial charge is 0.416 e. The average molecular weight is 417 g/mol. The summed E-state index contributed by atoms with van der Waals surface area (Å²) in [5.41, 5.74) is 2.90. The Morgan fingerprint density at radius 1 is 1.13 bits per heavy atom. The summed E-state index contributed by atoms with van der Waals surface area (Å²) in [7, 11) is 0. The highest BCUT2D eigenvalue weighted by Gasteiger charge is 2.42. The molecule has 0 radical (unpaired) electrons. The molecule has 2 unspecified atom stereocenters. The summed E-state index contributed by atoms with van der Waals surface area (Å²) in [6.45, 7) is 2.14. The number of anilines is 2. The first-order valence-corrected chi connectivity index (χ1v) is 10.3. The molecule has 2 atom stereocenters. The minimum absolute atomic E-state index is 0.0762. The van der Waals surface area contributed by atoms with Crippen molar-refractivity contribution in [2.45, 2.75) is 37.3 Å². The second kappa shape index (κ2) is 7.27. The van der Waals surface area contributed by atoms with Crippen LogP contribution in [-0.4, -0.2) is 42.1 Å². The summed E-state index contributed by atoms with van der Waals surface area (Å²) in [4.78, 5) is 19.4. The molecule has 5 rings (SSSR count). The number of carbonyl (C=O) groups is 1. The summed E-state index contributed by atoms with van der Waals surface area (Å²) in [5.74, 6) is 0.533. The molecule has 2 bridgehead atoms. The van der Waals surface area contributed by atoms with Gasteiger partial charge in [0.25, 0.3) is 5.91 Å². The first kappa shape index (κ1) is 19.4. The lowest BCUT2D eigenvalue weighted by Gasteiger charge is -2.29. The standard InChI is InChI=1S/C22H22F3N3O2/c23-22(24,25)15-2-1-3-16(11-15)27-17-12-26-20(21(29)28-6-8-30-9-7-28)19-14-5-4-13(10-14)18(17)19/h1-3,11-14,27H,4-10H2. The Morgan fingerprint density at radius 2 is 1.87 bits per heavy atom. The quantitative estimate of drug-likeness (QED) is 0.788. The van der Waals surface area contributed by atoms with Gasteiger partial charge in [0.2, 0.25) is 0 Å². The van der Waals surface area contributed by atoms with Crippen molar-refractivity contribution in [3.8, 4) is 0 Å². The predicted octanol–water partition coefficient (Wildman–Crippen LogP) is 4.68. The Kier molecular flexibility index (Phi) is 4.69. The number of ether oxygens (including phenoxy) is 1. The van der Waals surface area contributed by atoms with Gasteiger partial charge in [0.15, 0.2) is 0 Å². The highest BCUT2D eigenvalue weighted by molar-refractivity contribution is 5.95. The van der Waals surface area contributed by atoms with Crippen LogP contribution in [0.1, 0.15) is 58.3 Å². The van der Waals surface area contributed by atoms with Crippen molar-refractivity contribution in [2.24, 2.45) is 0 Å². The van der Waals surface area contributed by atoms with E-state index in [-0.39, 0.29) is 5.91 Å². The number of hydrogen-bond donors (Lipinski definition) is 1. The monoisotopic (exact) mass is 417 g/mol. The SMILES string of the molecule is O=C(c1ncc(Nc2cccc(C(F)(F)F)c2)c2c1C1CCC2C1)N1CCOCC1. The van der Waals surface area contributed by atoms with Crippen LogP contribution in [-0.2, 0) is 10.9 Å². The number of nitrogens with zero attached hydrogens (tertiary/aromatic N) is 2. The maximum Gasteiger partial charge on any atom is 0.416 e. The van der Waals surface area contributed by atoms with Gasteiger partial charge in [0, 0.05) is 18.8 Å². The zero-order valence-electron chi connectivity index (χ0n) is 16.3. The number of amides is 1. The summed E-state index contributed by atoms with van der Waals surface area (Å²) < 4.78 is 44.6. The highest BCUT2D eigenvalue weighted by atomic mass is 19.4. The summed E-state index contributed by atoms with van der Waals surface area (Å²) in [6, 6.07) is 5.16. The molecule has 1 saturated carbocycles. The second-order valence-electron chi connectivity index (χ2n) is 8.16. The number of morpholine rings is 1. The molecule has 1 aromatic carbocycles. The van der Waals surface area contributed by atoms with Crippen LogP contribution >= 0.6 is 0 Å². The third-order valence-corrected chi connectivity index (χ3v) is 6.38. The molecular formula is C22H22F3N3O2. The van der Waals surface area contributed by atoms with Crippen molar-refractivity contribution in [1.29, 1.82) is 0 Å². The number of halogens is 3. The Morgan fingerprint density at radius 3 is 2.60 bits per heavy atom. The van der Waals surface area contributed by atoms with E-state index in [9.17, 15) is 18.0 Å². The van der Waals surface area contributed by atoms with Crippen LogP contribution in [0.5, 0.6) is 0 Å². The number of benzene rings is 1. The Hall–Kier alpha value is -2.61. The van der Waals surface area contributed by atoms with E-state index >= 15 is 0 Å². The van der Waals surface area contributed by atoms with Gasteiger partial charge >= 0.3 is 6.18 Å². The molecule has 5 nitrogen and oxygen atoms in total.